The van der Waals surface area contributed by atoms with Crippen LogP contribution in [0, 0.1) is 6.92 Å². The molecule has 94 valence electrons. The molecule has 0 fully saturated rings. The van der Waals surface area contributed by atoms with E-state index in [4.69, 9.17) is 9.15 Å². The normalized spacial score (nSPS) is 10.3. The molecule has 0 amide bonds. The molecule has 0 aliphatic rings. The molecular formula is C11H10N2O4S. The molecule has 0 saturated carbocycles. The van der Waals surface area contributed by atoms with Crippen molar-refractivity contribution in [2.75, 3.05) is 0 Å². The van der Waals surface area contributed by atoms with Crippen LogP contribution in [0.1, 0.15) is 38.0 Å². The Kier molecular flexibility index (Phi) is 3.52. The first-order chi connectivity index (χ1) is 8.56. The number of hydrogen-bond donors (Lipinski definition) is 0. The van der Waals surface area contributed by atoms with Crippen LogP contribution in [0.3, 0.4) is 0 Å². The van der Waals surface area contributed by atoms with Gasteiger partial charge >= 0.3 is 5.97 Å². The molecule has 0 bridgehead atoms. The Morgan fingerprint density at radius 1 is 1.33 bits per heavy atom. The lowest BCUT2D eigenvalue weighted by atomic mass is 10.3. The molecule has 2 rings (SSSR count). The van der Waals surface area contributed by atoms with Crippen LogP contribution in [0.2, 0.25) is 0 Å². The van der Waals surface area contributed by atoms with Gasteiger partial charge in [-0.3, -0.25) is 4.79 Å². The van der Waals surface area contributed by atoms with Gasteiger partial charge in [0.15, 0.2) is 12.4 Å². The summed E-state index contributed by atoms with van der Waals surface area (Å²) in [5.74, 6) is 0.0650. The minimum absolute atomic E-state index is 0.0764. The largest absolute Gasteiger partial charge is 0.451 e. The molecule has 0 aliphatic carbocycles. The van der Waals surface area contributed by atoms with E-state index < -0.39 is 5.97 Å². The van der Waals surface area contributed by atoms with Crippen LogP contribution in [0.4, 0.5) is 0 Å². The Morgan fingerprint density at radius 2 is 2.06 bits per heavy atom. The number of nitrogens with zero attached hydrogens (tertiary/aromatic N) is 2. The quantitative estimate of drug-likeness (QED) is 0.621. The van der Waals surface area contributed by atoms with Gasteiger partial charge in [-0.2, -0.15) is 0 Å². The van der Waals surface area contributed by atoms with Crippen LogP contribution >= 0.6 is 11.3 Å². The molecule has 0 radical (unpaired) electrons. The lowest BCUT2D eigenvalue weighted by Gasteiger charge is -1.98. The van der Waals surface area contributed by atoms with E-state index in [2.05, 4.69) is 10.2 Å². The third kappa shape index (κ3) is 2.80. The van der Waals surface area contributed by atoms with Crippen molar-refractivity contribution in [3.05, 3.63) is 33.7 Å². The van der Waals surface area contributed by atoms with Crippen molar-refractivity contribution in [3.63, 3.8) is 0 Å². The Balaban J connectivity index is 1.97. The maximum absolute atomic E-state index is 11.6. The molecule has 2 heterocycles. The summed E-state index contributed by atoms with van der Waals surface area (Å²) in [4.78, 5) is 23.6. The van der Waals surface area contributed by atoms with E-state index in [1.54, 1.807) is 19.1 Å². The number of ketones is 1. The second-order valence-electron chi connectivity index (χ2n) is 3.51. The average molecular weight is 266 g/mol. The van der Waals surface area contributed by atoms with Gasteiger partial charge in [0.1, 0.15) is 4.88 Å². The highest BCUT2D eigenvalue weighted by atomic mass is 32.1. The summed E-state index contributed by atoms with van der Waals surface area (Å²) >= 11 is 1.10. The van der Waals surface area contributed by atoms with Gasteiger partial charge in [-0.1, -0.05) is 0 Å². The van der Waals surface area contributed by atoms with Crippen LogP contribution < -0.4 is 0 Å². The van der Waals surface area contributed by atoms with Crippen molar-refractivity contribution in [1.82, 2.24) is 10.2 Å². The second kappa shape index (κ2) is 5.09. The highest BCUT2D eigenvalue weighted by Crippen LogP contribution is 2.18. The molecule has 0 spiro atoms. The fourth-order valence-corrected chi connectivity index (χ4v) is 2.03. The maximum atomic E-state index is 11.6. The third-order valence-electron chi connectivity index (χ3n) is 2.05. The van der Waals surface area contributed by atoms with E-state index in [9.17, 15) is 9.59 Å². The molecule has 0 unspecified atom stereocenters. The lowest BCUT2D eigenvalue weighted by Crippen LogP contribution is -2.03. The predicted molar refractivity (Wildman–Crippen MR) is 62.5 cm³/mol. The summed E-state index contributed by atoms with van der Waals surface area (Å²) in [5, 5.41) is 7.31. The smallest absolute Gasteiger partial charge is 0.348 e. The lowest BCUT2D eigenvalue weighted by molar-refractivity contribution is 0.0442. The fraction of sp³-hybridized carbons (Fsp3) is 0.273. The van der Waals surface area contributed by atoms with Gasteiger partial charge in [0.25, 0.3) is 5.89 Å². The van der Waals surface area contributed by atoms with Crippen molar-refractivity contribution in [3.8, 4) is 0 Å². The number of hydrogen-bond acceptors (Lipinski definition) is 7. The van der Waals surface area contributed by atoms with Crippen LogP contribution in [-0.2, 0) is 11.3 Å². The van der Waals surface area contributed by atoms with Crippen LogP contribution in [0.25, 0.3) is 0 Å². The molecule has 7 heteroatoms. The molecule has 0 aliphatic heterocycles. The van der Waals surface area contributed by atoms with Gasteiger partial charge in [-0.25, -0.2) is 4.79 Å². The number of esters is 1. The zero-order valence-electron chi connectivity index (χ0n) is 9.80. The molecule has 0 saturated heterocycles. The monoisotopic (exact) mass is 266 g/mol. The third-order valence-corrected chi connectivity index (χ3v) is 3.21. The number of carbonyl (C=O) groups excluding carboxylic acids is 2. The molecular weight excluding hydrogens is 256 g/mol. The Hall–Kier alpha value is -2.02. The zero-order valence-corrected chi connectivity index (χ0v) is 10.6. The topological polar surface area (TPSA) is 82.3 Å². The van der Waals surface area contributed by atoms with Gasteiger partial charge in [0.2, 0.25) is 5.89 Å². The Bertz CT molecular complexity index is 587. The zero-order chi connectivity index (χ0) is 13.1. The summed E-state index contributed by atoms with van der Waals surface area (Å²) in [6.45, 7) is 3.02. The van der Waals surface area contributed by atoms with Crippen LogP contribution in [-0.4, -0.2) is 21.9 Å². The van der Waals surface area contributed by atoms with Crippen molar-refractivity contribution in [2.24, 2.45) is 0 Å². The molecule has 6 nitrogen and oxygen atoms in total. The minimum atomic E-state index is -0.511. The first-order valence-electron chi connectivity index (χ1n) is 5.13. The molecule has 18 heavy (non-hydrogen) atoms. The van der Waals surface area contributed by atoms with E-state index in [-0.39, 0.29) is 18.3 Å². The van der Waals surface area contributed by atoms with Gasteiger partial charge in [0, 0.05) is 6.92 Å². The number of rotatable bonds is 4. The summed E-state index contributed by atoms with van der Waals surface area (Å²) in [7, 11) is 0. The summed E-state index contributed by atoms with van der Waals surface area (Å²) in [5.41, 5.74) is 0. The van der Waals surface area contributed by atoms with E-state index in [0.717, 1.165) is 11.3 Å². The van der Waals surface area contributed by atoms with Crippen molar-refractivity contribution in [1.29, 1.82) is 0 Å². The number of Topliss-reactive ketones (excluding diaryl/α,β-unsaturated/α-hetero) is 1. The molecule has 2 aromatic rings. The Labute approximate surface area is 107 Å². The SMILES string of the molecule is CC(=O)c1ccc(C(=O)OCc2nnc(C)o2)s1. The highest BCUT2D eigenvalue weighted by Gasteiger charge is 2.14. The Morgan fingerprint density at radius 3 is 2.61 bits per heavy atom. The summed E-state index contributed by atoms with van der Waals surface area (Å²) in [6.07, 6.45) is 0. The van der Waals surface area contributed by atoms with Crippen LogP contribution in [0.5, 0.6) is 0 Å². The first kappa shape index (κ1) is 12.4. The fourth-order valence-electron chi connectivity index (χ4n) is 1.23. The number of ether oxygens (including phenoxy) is 1. The van der Waals surface area contributed by atoms with Crippen molar-refractivity contribution >= 4 is 23.1 Å². The van der Waals surface area contributed by atoms with Crippen molar-refractivity contribution < 1.29 is 18.7 Å². The van der Waals surface area contributed by atoms with E-state index in [1.807, 2.05) is 0 Å². The van der Waals surface area contributed by atoms with Crippen molar-refractivity contribution in [2.45, 2.75) is 20.5 Å². The second-order valence-corrected chi connectivity index (χ2v) is 4.59. The van der Waals surface area contributed by atoms with E-state index in [1.165, 1.54) is 6.92 Å². The highest BCUT2D eigenvalue weighted by molar-refractivity contribution is 7.15. The average Bonchev–Trinajstić information content (AvgIpc) is 2.94. The van der Waals surface area contributed by atoms with E-state index >= 15 is 0 Å². The van der Waals surface area contributed by atoms with Gasteiger partial charge in [-0.05, 0) is 19.1 Å². The molecule has 0 atom stereocenters. The summed E-state index contributed by atoms with van der Waals surface area (Å²) in [6, 6.07) is 3.16. The van der Waals surface area contributed by atoms with Gasteiger partial charge < -0.3 is 9.15 Å². The summed E-state index contributed by atoms with van der Waals surface area (Å²) < 4.78 is 10.0. The number of aryl methyl sites for hydroxylation is 1. The van der Waals surface area contributed by atoms with Gasteiger partial charge in [0.05, 0.1) is 4.88 Å². The first-order valence-corrected chi connectivity index (χ1v) is 5.95. The van der Waals surface area contributed by atoms with E-state index in [0.29, 0.717) is 15.6 Å². The maximum Gasteiger partial charge on any atom is 0.348 e. The minimum Gasteiger partial charge on any atom is -0.451 e. The van der Waals surface area contributed by atoms with Gasteiger partial charge in [-0.15, -0.1) is 21.5 Å². The van der Waals surface area contributed by atoms with Crippen LogP contribution in [0.15, 0.2) is 16.5 Å². The molecule has 2 aromatic heterocycles. The predicted octanol–water partition coefficient (Wildman–Crippen LogP) is 2.00. The molecule has 0 N–H and O–H groups in total. The molecule has 0 aromatic carbocycles. The number of thiophene rings is 1. The number of carbonyl (C=O) groups is 2. The number of aromatic nitrogens is 2. The standard InChI is InChI=1S/C11H10N2O4S/c1-6(14)8-3-4-9(18-8)11(15)16-5-10-13-12-7(2)17-10/h3-4H,5H2,1-2H3.